The molecule has 3 aromatic heterocycles. The van der Waals surface area contributed by atoms with Crippen molar-refractivity contribution in [1.82, 2.24) is 29.6 Å². The monoisotopic (exact) mass is 582 g/mol. The van der Waals surface area contributed by atoms with Crippen LogP contribution in [0.25, 0.3) is 22.3 Å². The standard InChI is InChI=1S/C28H29F3N8O3/c1-2-42-13-10-22(40)38-12-3-4-20(15-38)39-26-23(25(32)34-16-35-26)24(37-39)17-5-7-18(8-6-17)27(41)36-21-14-19(9-11-33-21)28(29,30)31/h5-9,11,14,16,20H,2-4,10,12-13,15H2,1H3,(H2,32,34,35)(H,33,36,41)/t20-/m1/s1. The SMILES string of the molecule is CCOCCC(=O)N1CCC[C@@H](n2nc(-c3ccc(C(=O)Nc4cc(C(F)(F)F)ccn4)cc3)c3c(N)ncnc32)C1. The van der Waals surface area contributed by atoms with Crippen molar-refractivity contribution in [1.29, 1.82) is 0 Å². The smallest absolute Gasteiger partial charge is 0.383 e. The molecule has 4 heterocycles. The van der Waals surface area contributed by atoms with Gasteiger partial charge < -0.3 is 20.7 Å². The average Bonchev–Trinajstić information content (AvgIpc) is 3.38. The number of ether oxygens (including phenoxy) is 1. The quantitative estimate of drug-likeness (QED) is 0.293. The van der Waals surface area contributed by atoms with Gasteiger partial charge in [-0.05, 0) is 44.0 Å². The second kappa shape index (κ2) is 12.1. The number of likely N-dealkylation sites (tertiary alicyclic amines) is 1. The summed E-state index contributed by atoms with van der Waals surface area (Å²) in [6.07, 6.45) is -0.313. The lowest BCUT2D eigenvalue weighted by atomic mass is 10.1. The van der Waals surface area contributed by atoms with Crippen LogP contribution < -0.4 is 11.1 Å². The Labute approximate surface area is 238 Å². The van der Waals surface area contributed by atoms with Gasteiger partial charge in [0.05, 0.1) is 30.0 Å². The van der Waals surface area contributed by atoms with Crippen molar-refractivity contribution in [2.75, 3.05) is 37.4 Å². The summed E-state index contributed by atoms with van der Waals surface area (Å²) >= 11 is 0. The topological polar surface area (TPSA) is 141 Å². The number of nitrogens with zero attached hydrogens (tertiary/aromatic N) is 6. The zero-order chi connectivity index (χ0) is 29.9. The summed E-state index contributed by atoms with van der Waals surface area (Å²) in [6.45, 7) is 3.94. The number of carbonyl (C=O) groups excluding carboxylic acids is 2. The summed E-state index contributed by atoms with van der Waals surface area (Å²) in [5.41, 5.74) is 7.22. The molecule has 0 aliphatic carbocycles. The molecule has 3 N–H and O–H groups in total. The molecule has 2 amide bonds. The van der Waals surface area contributed by atoms with E-state index in [0.29, 0.717) is 55.0 Å². The summed E-state index contributed by atoms with van der Waals surface area (Å²) in [5.74, 6) is -0.582. The second-order valence-electron chi connectivity index (χ2n) is 9.79. The first-order valence-corrected chi connectivity index (χ1v) is 13.4. The van der Waals surface area contributed by atoms with E-state index in [1.807, 2.05) is 11.8 Å². The second-order valence-corrected chi connectivity index (χ2v) is 9.79. The molecule has 0 radical (unpaired) electrons. The predicted molar refractivity (Wildman–Crippen MR) is 148 cm³/mol. The van der Waals surface area contributed by atoms with E-state index < -0.39 is 17.6 Å². The number of carbonyl (C=O) groups is 2. The van der Waals surface area contributed by atoms with E-state index >= 15 is 0 Å². The molecule has 0 saturated carbocycles. The number of pyridine rings is 1. The van der Waals surface area contributed by atoms with Crippen LogP contribution in [0.2, 0.25) is 0 Å². The minimum absolute atomic E-state index is 0.0215. The number of halogens is 3. The number of aromatic nitrogens is 5. The highest BCUT2D eigenvalue weighted by Gasteiger charge is 2.31. The third-order valence-electron chi connectivity index (χ3n) is 7.03. The number of fused-ring (bicyclic) bond motifs is 1. The van der Waals surface area contributed by atoms with Gasteiger partial charge in [0.25, 0.3) is 5.91 Å². The van der Waals surface area contributed by atoms with Crippen LogP contribution in [-0.4, -0.2) is 67.7 Å². The van der Waals surface area contributed by atoms with Gasteiger partial charge in [-0.1, -0.05) is 12.1 Å². The molecular formula is C28H29F3N8O3. The van der Waals surface area contributed by atoms with Crippen molar-refractivity contribution in [3.05, 3.63) is 60.0 Å². The third-order valence-corrected chi connectivity index (χ3v) is 7.03. The van der Waals surface area contributed by atoms with Crippen molar-refractivity contribution in [2.24, 2.45) is 0 Å². The van der Waals surface area contributed by atoms with Crippen molar-refractivity contribution < 1.29 is 27.5 Å². The number of rotatable bonds is 8. The molecule has 1 aromatic carbocycles. The normalized spacial score (nSPS) is 15.6. The predicted octanol–water partition coefficient (Wildman–Crippen LogP) is 4.33. The summed E-state index contributed by atoms with van der Waals surface area (Å²) in [4.78, 5) is 39.7. The van der Waals surface area contributed by atoms with Crippen molar-refractivity contribution in [3.63, 3.8) is 0 Å². The van der Waals surface area contributed by atoms with Crippen LogP contribution in [0, 0.1) is 0 Å². The molecule has 1 fully saturated rings. The van der Waals surface area contributed by atoms with Gasteiger partial charge in [0, 0.05) is 37.0 Å². The lowest BCUT2D eigenvalue weighted by Gasteiger charge is -2.33. The number of alkyl halides is 3. The first-order valence-electron chi connectivity index (χ1n) is 13.4. The van der Waals surface area contributed by atoms with E-state index in [1.165, 1.54) is 18.5 Å². The Morgan fingerprint density at radius 2 is 1.93 bits per heavy atom. The van der Waals surface area contributed by atoms with Gasteiger partial charge in [-0.15, -0.1) is 0 Å². The molecule has 42 heavy (non-hydrogen) atoms. The van der Waals surface area contributed by atoms with E-state index in [0.717, 1.165) is 31.2 Å². The van der Waals surface area contributed by atoms with Crippen LogP contribution >= 0.6 is 0 Å². The maximum absolute atomic E-state index is 13.0. The molecule has 0 bridgehead atoms. The van der Waals surface area contributed by atoms with Crippen LogP contribution in [0.15, 0.2) is 48.9 Å². The van der Waals surface area contributed by atoms with Gasteiger partial charge in [-0.2, -0.15) is 18.3 Å². The highest BCUT2D eigenvalue weighted by Crippen LogP contribution is 2.34. The van der Waals surface area contributed by atoms with Gasteiger partial charge in [-0.3, -0.25) is 9.59 Å². The van der Waals surface area contributed by atoms with Crippen LogP contribution in [0.5, 0.6) is 0 Å². The number of nitrogens with two attached hydrogens (primary N) is 1. The van der Waals surface area contributed by atoms with Gasteiger partial charge in [0.15, 0.2) is 5.65 Å². The molecular weight excluding hydrogens is 553 g/mol. The molecule has 1 atom stereocenters. The fraction of sp³-hybridized carbons (Fsp3) is 0.357. The van der Waals surface area contributed by atoms with Crippen molar-refractivity contribution in [2.45, 2.75) is 38.4 Å². The minimum Gasteiger partial charge on any atom is -0.383 e. The fourth-order valence-electron chi connectivity index (χ4n) is 4.94. The molecule has 220 valence electrons. The Morgan fingerprint density at radius 3 is 2.67 bits per heavy atom. The summed E-state index contributed by atoms with van der Waals surface area (Å²) in [7, 11) is 0. The zero-order valence-electron chi connectivity index (χ0n) is 22.8. The highest BCUT2D eigenvalue weighted by atomic mass is 19.4. The van der Waals surface area contributed by atoms with Gasteiger partial charge >= 0.3 is 6.18 Å². The maximum Gasteiger partial charge on any atom is 0.416 e. The van der Waals surface area contributed by atoms with Gasteiger partial charge in [-0.25, -0.2) is 19.6 Å². The lowest BCUT2D eigenvalue weighted by Crippen LogP contribution is -2.41. The molecule has 1 aliphatic rings. The number of anilines is 2. The number of benzene rings is 1. The Bertz CT molecular complexity index is 1590. The summed E-state index contributed by atoms with van der Waals surface area (Å²) in [6, 6.07) is 7.85. The lowest BCUT2D eigenvalue weighted by molar-refractivity contribution is -0.137. The molecule has 1 saturated heterocycles. The Morgan fingerprint density at radius 1 is 1.14 bits per heavy atom. The van der Waals surface area contributed by atoms with Crippen molar-refractivity contribution in [3.8, 4) is 11.3 Å². The summed E-state index contributed by atoms with van der Waals surface area (Å²) < 4.78 is 46.2. The molecule has 11 nitrogen and oxygen atoms in total. The summed E-state index contributed by atoms with van der Waals surface area (Å²) in [5, 5.41) is 7.78. The number of hydrogen-bond acceptors (Lipinski definition) is 8. The highest BCUT2D eigenvalue weighted by molar-refractivity contribution is 6.04. The van der Waals surface area contributed by atoms with Crippen LogP contribution in [0.1, 0.15) is 48.1 Å². The molecule has 0 unspecified atom stereocenters. The zero-order valence-corrected chi connectivity index (χ0v) is 22.8. The van der Waals surface area contributed by atoms with Crippen molar-refractivity contribution >= 4 is 34.5 Å². The molecule has 4 aromatic rings. The van der Waals surface area contributed by atoms with E-state index in [4.69, 9.17) is 15.6 Å². The molecule has 0 spiro atoms. The van der Waals surface area contributed by atoms with E-state index in [-0.39, 0.29) is 29.1 Å². The van der Waals surface area contributed by atoms with Crippen LogP contribution in [0.3, 0.4) is 0 Å². The third kappa shape index (κ3) is 6.17. The first kappa shape index (κ1) is 28.9. The van der Waals surface area contributed by atoms with E-state index in [2.05, 4.69) is 20.3 Å². The average molecular weight is 583 g/mol. The fourth-order valence-corrected chi connectivity index (χ4v) is 4.94. The first-order chi connectivity index (χ1) is 20.2. The number of amides is 2. The Kier molecular flexibility index (Phi) is 8.34. The van der Waals surface area contributed by atoms with Gasteiger partial charge in [0.2, 0.25) is 5.91 Å². The number of nitrogen functional groups attached to an aromatic ring is 1. The van der Waals surface area contributed by atoms with Crippen LogP contribution in [0.4, 0.5) is 24.8 Å². The van der Waals surface area contributed by atoms with E-state index in [1.54, 1.807) is 16.8 Å². The van der Waals surface area contributed by atoms with Gasteiger partial charge in [0.1, 0.15) is 23.7 Å². The Hall–Kier alpha value is -4.59. The largest absolute Gasteiger partial charge is 0.416 e. The molecule has 5 rings (SSSR count). The Balaban J connectivity index is 1.38. The maximum atomic E-state index is 13.0. The number of hydrogen-bond donors (Lipinski definition) is 2. The van der Waals surface area contributed by atoms with E-state index in [9.17, 15) is 22.8 Å². The number of nitrogens with one attached hydrogen (secondary N) is 1. The van der Waals surface area contributed by atoms with Crippen LogP contribution in [-0.2, 0) is 15.7 Å². The molecule has 14 heteroatoms. The minimum atomic E-state index is -4.56. The number of piperidine rings is 1. The molecule has 1 aliphatic heterocycles.